The summed E-state index contributed by atoms with van der Waals surface area (Å²) in [4.78, 5) is 27.8. The lowest BCUT2D eigenvalue weighted by atomic mass is 10.0. The maximum absolute atomic E-state index is 13.4. The van der Waals surface area contributed by atoms with Crippen molar-refractivity contribution in [2.45, 2.75) is 13.8 Å². The molecule has 1 aliphatic heterocycles. The number of nitrogens with zero attached hydrogens (tertiary/aromatic N) is 1. The molecular weight excluding hydrogens is 384 g/mol. The fraction of sp³-hybridized carbons (Fsp3) is 0.0833. The van der Waals surface area contributed by atoms with Crippen LogP contribution in [0.5, 0.6) is 0 Å². The van der Waals surface area contributed by atoms with Gasteiger partial charge in [-0.1, -0.05) is 65.7 Å². The van der Waals surface area contributed by atoms with Crippen molar-refractivity contribution in [1.29, 1.82) is 0 Å². The van der Waals surface area contributed by atoms with Crippen LogP contribution in [0.15, 0.2) is 78.5 Å². The molecule has 3 aromatic carbocycles. The summed E-state index contributed by atoms with van der Waals surface area (Å²) in [6, 6.07) is 22.0. The van der Waals surface area contributed by atoms with Crippen LogP contribution in [0.1, 0.15) is 16.7 Å². The molecule has 0 saturated heterocycles. The molecule has 1 heterocycles. The number of hydrogen-bond donors (Lipinski definition) is 1. The number of carbonyl (C=O) groups is 2. The summed E-state index contributed by atoms with van der Waals surface area (Å²) >= 11 is 6.29. The molecule has 0 spiro atoms. The summed E-state index contributed by atoms with van der Waals surface area (Å²) in [5.41, 5.74) is 4.48. The van der Waals surface area contributed by atoms with Gasteiger partial charge in [0, 0.05) is 5.69 Å². The quantitative estimate of drug-likeness (QED) is 0.598. The molecule has 0 atom stereocenters. The molecule has 3 aromatic rings. The molecule has 144 valence electrons. The molecule has 0 radical (unpaired) electrons. The van der Waals surface area contributed by atoms with Crippen LogP contribution in [-0.4, -0.2) is 11.8 Å². The molecule has 0 aromatic heterocycles. The zero-order valence-corrected chi connectivity index (χ0v) is 16.8. The Morgan fingerprint density at radius 2 is 1.52 bits per heavy atom. The minimum Gasteiger partial charge on any atom is -0.350 e. The van der Waals surface area contributed by atoms with Crippen LogP contribution in [-0.2, 0) is 9.59 Å². The normalized spacial score (nSPS) is 14.0. The van der Waals surface area contributed by atoms with Gasteiger partial charge in [0.15, 0.2) is 0 Å². The van der Waals surface area contributed by atoms with Crippen molar-refractivity contribution in [3.63, 3.8) is 0 Å². The van der Waals surface area contributed by atoms with E-state index >= 15 is 0 Å². The van der Waals surface area contributed by atoms with Gasteiger partial charge >= 0.3 is 0 Å². The van der Waals surface area contributed by atoms with Crippen LogP contribution in [0.2, 0.25) is 5.02 Å². The molecule has 0 saturated carbocycles. The highest BCUT2D eigenvalue weighted by Crippen LogP contribution is 2.36. The Morgan fingerprint density at radius 3 is 2.21 bits per heavy atom. The number of aryl methyl sites for hydroxylation is 2. The third kappa shape index (κ3) is 3.55. The van der Waals surface area contributed by atoms with E-state index in [2.05, 4.69) is 5.32 Å². The van der Waals surface area contributed by atoms with Crippen LogP contribution < -0.4 is 10.2 Å². The third-order valence-corrected chi connectivity index (χ3v) is 5.12. The Morgan fingerprint density at radius 1 is 0.793 bits per heavy atom. The molecule has 1 N–H and O–H groups in total. The number of imide groups is 1. The lowest BCUT2D eigenvalue weighted by Gasteiger charge is -2.16. The second-order valence-corrected chi connectivity index (χ2v) is 7.41. The Hall–Kier alpha value is -3.37. The fourth-order valence-electron chi connectivity index (χ4n) is 3.35. The topological polar surface area (TPSA) is 49.4 Å². The summed E-state index contributed by atoms with van der Waals surface area (Å²) in [5.74, 6) is -0.831. The van der Waals surface area contributed by atoms with Crippen molar-refractivity contribution in [1.82, 2.24) is 0 Å². The van der Waals surface area contributed by atoms with Gasteiger partial charge in [-0.15, -0.1) is 0 Å². The van der Waals surface area contributed by atoms with E-state index in [9.17, 15) is 9.59 Å². The van der Waals surface area contributed by atoms with E-state index in [-0.39, 0.29) is 5.70 Å². The van der Waals surface area contributed by atoms with Gasteiger partial charge in [-0.25, -0.2) is 4.90 Å². The number of benzene rings is 3. The van der Waals surface area contributed by atoms with Gasteiger partial charge in [-0.05, 0) is 49.2 Å². The SMILES string of the molecule is Cc1ccc(C2=C(Nc3cccc(C)c3)C(=O)N(c3ccccc3Cl)C2=O)cc1. The highest BCUT2D eigenvalue weighted by atomic mass is 35.5. The predicted octanol–water partition coefficient (Wildman–Crippen LogP) is 5.35. The van der Waals surface area contributed by atoms with Gasteiger partial charge < -0.3 is 5.32 Å². The van der Waals surface area contributed by atoms with Crippen LogP contribution in [0.3, 0.4) is 0 Å². The number of amides is 2. The van der Waals surface area contributed by atoms with E-state index in [1.807, 2.05) is 62.4 Å². The van der Waals surface area contributed by atoms with Gasteiger partial charge in [0.05, 0.1) is 16.3 Å². The number of hydrogen-bond acceptors (Lipinski definition) is 3. The van der Waals surface area contributed by atoms with Gasteiger partial charge in [-0.2, -0.15) is 0 Å². The predicted molar refractivity (Wildman–Crippen MR) is 117 cm³/mol. The fourth-order valence-corrected chi connectivity index (χ4v) is 3.57. The van der Waals surface area contributed by atoms with E-state index in [4.69, 9.17) is 11.6 Å². The van der Waals surface area contributed by atoms with Gasteiger partial charge in [-0.3, -0.25) is 9.59 Å². The Labute approximate surface area is 174 Å². The van der Waals surface area contributed by atoms with Crippen molar-refractivity contribution in [3.05, 3.63) is 100 Å². The molecule has 0 fully saturated rings. The van der Waals surface area contributed by atoms with E-state index in [0.29, 0.717) is 21.8 Å². The number of carbonyl (C=O) groups excluding carboxylic acids is 2. The summed E-state index contributed by atoms with van der Waals surface area (Å²) in [6.45, 7) is 3.94. The monoisotopic (exact) mass is 402 g/mol. The standard InChI is InChI=1S/C24H19ClN2O2/c1-15-10-12-17(13-11-15)21-22(26-18-7-5-6-16(2)14-18)24(29)27(23(21)28)20-9-4-3-8-19(20)25/h3-14,26H,1-2H3. The van der Waals surface area contributed by atoms with Crippen molar-refractivity contribution in [2.24, 2.45) is 0 Å². The van der Waals surface area contributed by atoms with Crippen molar-refractivity contribution in [3.8, 4) is 0 Å². The van der Waals surface area contributed by atoms with Gasteiger partial charge in [0.25, 0.3) is 11.8 Å². The molecule has 0 aliphatic carbocycles. The zero-order valence-electron chi connectivity index (χ0n) is 16.1. The lowest BCUT2D eigenvalue weighted by Crippen LogP contribution is -2.32. The molecule has 5 heteroatoms. The average molecular weight is 403 g/mol. The first-order valence-corrected chi connectivity index (χ1v) is 9.62. The first-order chi connectivity index (χ1) is 14.0. The van der Waals surface area contributed by atoms with E-state index in [1.165, 1.54) is 0 Å². The first kappa shape index (κ1) is 19.0. The number of anilines is 2. The summed E-state index contributed by atoms with van der Waals surface area (Å²) in [7, 11) is 0. The summed E-state index contributed by atoms with van der Waals surface area (Å²) < 4.78 is 0. The van der Waals surface area contributed by atoms with Crippen LogP contribution in [0.25, 0.3) is 5.57 Å². The Bertz CT molecular complexity index is 1150. The van der Waals surface area contributed by atoms with Crippen LogP contribution in [0, 0.1) is 13.8 Å². The lowest BCUT2D eigenvalue weighted by molar-refractivity contribution is -0.120. The van der Waals surface area contributed by atoms with E-state index in [1.54, 1.807) is 24.3 Å². The number of para-hydroxylation sites is 1. The number of rotatable bonds is 4. The van der Waals surface area contributed by atoms with Gasteiger partial charge in [0.1, 0.15) is 5.70 Å². The Balaban J connectivity index is 1.85. The second kappa shape index (κ2) is 7.57. The third-order valence-electron chi connectivity index (χ3n) is 4.80. The minimum absolute atomic E-state index is 0.240. The van der Waals surface area contributed by atoms with Crippen LogP contribution >= 0.6 is 11.6 Å². The highest BCUT2D eigenvalue weighted by Gasteiger charge is 2.41. The molecule has 29 heavy (non-hydrogen) atoms. The van der Waals surface area contributed by atoms with Crippen molar-refractivity contribution < 1.29 is 9.59 Å². The van der Waals surface area contributed by atoms with E-state index in [0.717, 1.165) is 21.7 Å². The highest BCUT2D eigenvalue weighted by molar-refractivity contribution is 6.48. The maximum Gasteiger partial charge on any atom is 0.282 e. The van der Waals surface area contributed by atoms with Crippen molar-refractivity contribution in [2.75, 3.05) is 10.2 Å². The first-order valence-electron chi connectivity index (χ1n) is 9.24. The molecule has 2 amide bonds. The summed E-state index contributed by atoms with van der Waals surface area (Å²) in [6.07, 6.45) is 0. The van der Waals surface area contributed by atoms with E-state index < -0.39 is 11.8 Å². The molecule has 1 aliphatic rings. The Kier molecular flexibility index (Phi) is 4.95. The molecular formula is C24H19ClN2O2. The number of halogens is 1. The zero-order chi connectivity index (χ0) is 20.5. The molecule has 4 nitrogen and oxygen atoms in total. The molecule has 4 rings (SSSR count). The maximum atomic E-state index is 13.4. The number of nitrogens with one attached hydrogen (secondary N) is 1. The largest absolute Gasteiger partial charge is 0.350 e. The molecule has 0 unspecified atom stereocenters. The minimum atomic E-state index is -0.430. The smallest absolute Gasteiger partial charge is 0.282 e. The second-order valence-electron chi connectivity index (χ2n) is 7.01. The van der Waals surface area contributed by atoms with Crippen LogP contribution in [0.4, 0.5) is 11.4 Å². The van der Waals surface area contributed by atoms with Gasteiger partial charge in [0.2, 0.25) is 0 Å². The molecule has 0 bridgehead atoms. The summed E-state index contributed by atoms with van der Waals surface area (Å²) in [5, 5.41) is 3.51. The average Bonchev–Trinajstić information content (AvgIpc) is 2.93. The van der Waals surface area contributed by atoms with Crippen molar-refractivity contribution >= 4 is 40.4 Å².